The van der Waals surface area contributed by atoms with E-state index in [0.29, 0.717) is 31.1 Å². The van der Waals surface area contributed by atoms with Gasteiger partial charge in [0.2, 0.25) is 10.0 Å². The van der Waals surface area contributed by atoms with E-state index in [0.717, 1.165) is 31.2 Å². The van der Waals surface area contributed by atoms with Gasteiger partial charge in [0.25, 0.3) is 5.91 Å². The molecule has 0 bridgehead atoms. The van der Waals surface area contributed by atoms with Crippen molar-refractivity contribution in [3.63, 3.8) is 0 Å². The summed E-state index contributed by atoms with van der Waals surface area (Å²) in [6.45, 7) is 1.43. The van der Waals surface area contributed by atoms with Gasteiger partial charge in [0.05, 0.1) is 15.5 Å². The maximum Gasteiger partial charge on any atom is 0.257 e. The molecule has 1 aliphatic heterocycles. The minimum atomic E-state index is -3.69. The number of nitrogens with one attached hydrogen (secondary N) is 1. The van der Waals surface area contributed by atoms with Crippen LogP contribution in [-0.2, 0) is 16.6 Å². The highest BCUT2D eigenvalue weighted by Crippen LogP contribution is 2.26. The zero-order valence-electron chi connectivity index (χ0n) is 18.7. The molecule has 8 heteroatoms. The van der Waals surface area contributed by atoms with Crippen molar-refractivity contribution < 1.29 is 17.9 Å². The SMILES string of the molecule is O=C(Nc1ccc(OCc2ccccc2)cc1)c1cc(S(=O)(=O)N2CCCCCC2)ccc1Cl. The van der Waals surface area contributed by atoms with E-state index in [-0.39, 0.29) is 15.5 Å². The fraction of sp³-hybridized carbons (Fsp3) is 0.269. The second-order valence-corrected chi connectivity index (χ2v) is 10.6. The number of hydrogen-bond acceptors (Lipinski definition) is 4. The Hall–Kier alpha value is -2.87. The summed E-state index contributed by atoms with van der Waals surface area (Å²) in [5.41, 5.74) is 1.72. The summed E-state index contributed by atoms with van der Waals surface area (Å²) >= 11 is 6.25. The van der Waals surface area contributed by atoms with Crippen LogP contribution >= 0.6 is 11.6 Å². The summed E-state index contributed by atoms with van der Waals surface area (Å²) in [5.74, 6) is 0.196. The topological polar surface area (TPSA) is 75.7 Å². The van der Waals surface area contributed by atoms with Gasteiger partial charge in [-0.15, -0.1) is 0 Å². The first-order chi connectivity index (χ1) is 16.4. The van der Waals surface area contributed by atoms with Crippen LogP contribution < -0.4 is 10.1 Å². The number of benzene rings is 3. The Kier molecular flexibility index (Phi) is 7.88. The van der Waals surface area contributed by atoms with Crippen LogP contribution in [0.5, 0.6) is 5.75 Å². The van der Waals surface area contributed by atoms with Gasteiger partial charge in [-0.3, -0.25) is 4.79 Å². The van der Waals surface area contributed by atoms with E-state index in [2.05, 4.69) is 5.32 Å². The third-order valence-corrected chi connectivity index (χ3v) is 7.97. The maximum atomic E-state index is 13.1. The van der Waals surface area contributed by atoms with E-state index in [4.69, 9.17) is 16.3 Å². The molecule has 3 aromatic carbocycles. The molecule has 1 aliphatic rings. The van der Waals surface area contributed by atoms with Crippen molar-refractivity contribution in [2.24, 2.45) is 0 Å². The van der Waals surface area contributed by atoms with Gasteiger partial charge in [-0.2, -0.15) is 4.31 Å². The van der Waals surface area contributed by atoms with Gasteiger partial charge in [0.15, 0.2) is 0 Å². The largest absolute Gasteiger partial charge is 0.489 e. The highest BCUT2D eigenvalue weighted by Gasteiger charge is 2.26. The monoisotopic (exact) mass is 498 g/mol. The molecule has 34 heavy (non-hydrogen) atoms. The Balaban J connectivity index is 1.44. The number of nitrogens with zero attached hydrogens (tertiary/aromatic N) is 1. The molecule has 1 saturated heterocycles. The van der Waals surface area contributed by atoms with Gasteiger partial charge < -0.3 is 10.1 Å². The number of halogens is 1. The number of carbonyl (C=O) groups excluding carboxylic acids is 1. The Morgan fingerprint density at radius 2 is 1.59 bits per heavy atom. The highest BCUT2D eigenvalue weighted by molar-refractivity contribution is 7.89. The number of hydrogen-bond donors (Lipinski definition) is 1. The van der Waals surface area contributed by atoms with Crippen LogP contribution in [0.15, 0.2) is 77.7 Å². The van der Waals surface area contributed by atoms with Crippen molar-refractivity contribution in [3.8, 4) is 5.75 Å². The van der Waals surface area contributed by atoms with Gasteiger partial charge >= 0.3 is 0 Å². The summed E-state index contributed by atoms with van der Waals surface area (Å²) in [4.78, 5) is 13.0. The van der Waals surface area contributed by atoms with E-state index >= 15 is 0 Å². The first-order valence-corrected chi connectivity index (χ1v) is 13.1. The van der Waals surface area contributed by atoms with E-state index in [9.17, 15) is 13.2 Å². The molecule has 1 N–H and O–H groups in total. The van der Waals surface area contributed by atoms with E-state index in [1.807, 2.05) is 30.3 Å². The molecule has 1 heterocycles. The molecule has 0 unspecified atom stereocenters. The van der Waals surface area contributed by atoms with Crippen LogP contribution in [0.1, 0.15) is 41.6 Å². The van der Waals surface area contributed by atoms with Crippen molar-refractivity contribution in [2.75, 3.05) is 18.4 Å². The summed E-state index contributed by atoms with van der Waals surface area (Å²) < 4.78 is 33.5. The average molecular weight is 499 g/mol. The molecule has 0 aromatic heterocycles. The lowest BCUT2D eigenvalue weighted by Crippen LogP contribution is -2.32. The van der Waals surface area contributed by atoms with Gasteiger partial charge in [-0.1, -0.05) is 54.8 Å². The van der Waals surface area contributed by atoms with Crippen molar-refractivity contribution >= 4 is 33.2 Å². The van der Waals surface area contributed by atoms with E-state index < -0.39 is 15.9 Å². The second-order valence-electron chi connectivity index (χ2n) is 8.21. The molecule has 6 nitrogen and oxygen atoms in total. The Labute approximate surface area is 205 Å². The van der Waals surface area contributed by atoms with E-state index in [1.165, 1.54) is 22.5 Å². The Morgan fingerprint density at radius 3 is 2.26 bits per heavy atom. The molecule has 1 fully saturated rings. The highest BCUT2D eigenvalue weighted by atomic mass is 35.5. The smallest absolute Gasteiger partial charge is 0.257 e. The molecule has 0 spiro atoms. The van der Waals surface area contributed by atoms with Crippen molar-refractivity contribution in [1.82, 2.24) is 4.31 Å². The lowest BCUT2D eigenvalue weighted by molar-refractivity contribution is 0.102. The summed E-state index contributed by atoms with van der Waals surface area (Å²) in [6, 6.07) is 21.1. The number of anilines is 1. The van der Waals surface area contributed by atoms with Crippen LogP contribution in [-0.4, -0.2) is 31.7 Å². The average Bonchev–Trinajstić information content (AvgIpc) is 3.15. The maximum absolute atomic E-state index is 13.1. The minimum absolute atomic E-state index is 0.0774. The normalized spacial score (nSPS) is 14.9. The van der Waals surface area contributed by atoms with Crippen molar-refractivity contribution in [2.45, 2.75) is 37.2 Å². The fourth-order valence-electron chi connectivity index (χ4n) is 3.84. The Morgan fingerprint density at radius 1 is 0.912 bits per heavy atom. The summed E-state index contributed by atoms with van der Waals surface area (Å²) in [7, 11) is -3.69. The van der Waals surface area contributed by atoms with Crippen molar-refractivity contribution in [3.05, 3.63) is 88.9 Å². The summed E-state index contributed by atoms with van der Waals surface area (Å²) in [6.07, 6.45) is 3.73. The van der Waals surface area contributed by atoms with Gasteiger partial charge in [0.1, 0.15) is 12.4 Å². The number of carbonyl (C=O) groups is 1. The first-order valence-electron chi connectivity index (χ1n) is 11.3. The van der Waals surface area contributed by atoms with Crippen LogP contribution in [0.3, 0.4) is 0 Å². The number of amides is 1. The minimum Gasteiger partial charge on any atom is -0.489 e. The van der Waals surface area contributed by atoms with Crippen LogP contribution in [0.4, 0.5) is 5.69 Å². The molecule has 178 valence electrons. The zero-order chi connectivity index (χ0) is 24.0. The predicted molar refractivity (Wildman–Crippen MR) is 134 cm³/mol. The number of rotatable bonds is 7. The quantitative estimate of drug-likeness (QED) is 0.451. The van der Waals surface area contributed by atoms with Crippen molar-refractivity contribution in [1.29, 1.82) is 0 Å². The first kappa shape index (κ1) is 24.3. The van der Waals surface area contributed by atoms with Gasteiger partial charge in [-0.25, -0.2) is 8.42 Å². The third-order valence-electron chi connectivity index (χ3n) is 5.75. The lowest BCUT2D eigenvalue weighted by Gasteiger charge is -2.20. The molecule has 0 aliphatic carbocycles. The molecule has 0 saturated carbocycles. The number of ether oxygens (including phenoxy) is 1. The molecular weight excluding hydrogens is 472 g/mol. The van der Waals surface area contributed by atoms with Gasteiger partial charge in [0, 0.05) is 18.8 Å². The standard InChI is InChI=1S/C26H27ClN2O4S/c27-25-15-14-23(34(31,32)29-16-6-1-2-7-17-29)18-24(25)26(30)28-21-10-12-22(13-11-21)33-19-20-8-4-3-5-9-20/h3-5,8-15,18H,1-2,6-7,16-17,19H2,(H,28,30). The zero-order valence-corrected chi connectivity index (χ0v) is 20.3. The third kappa shape index (κ3) is 5.97. The van der Waals surface area contributed by atoms with Crippen LogP contribution in [0.2, 0.25) is 5.02 Å². The molecule has 0 radical (unpaired) electrons. The molecular formula is C26H27ClN2O4S. The summed E-state index contributed by atoms with van der Waals surface area (Å²) in [5, 5.41) is 2.97. The van der Waals surface area contributed by atoms with Crippen LogP contribution in [0.25, 0.3) is 0 Å². The lowest BCUT2D eigenvalue weighted by atomic mass is 10.2. The fourth-order valence-corrected chi connectivity index (χ4v) is 5.59. The molecule has 0 atom stereocenters. The predicted octanol–water partition coefficient (Wildman–Crippen LogP) is 5.74. The van der Waals surface area contributed by atoms with Crippen LogP contribution in [0, 0.1) is 0 Å². The number of sulfonamides is 1. The second kappa shape index (κ2) is 11.0. The molecule has 3 aromatic rings. The van der Waals surface area contributed by atoms with Gasteiger partial charge in [-0.05, 0) is 60.9 Å². The molecule has 4 rings (SSSR count). The Bertz CT molecular complexity index is 1220. The molecule has 1 amide bonds. The van der Waals surface area contributed by atoms with E-state index in [1.54, 1.807) is 24.3 Å².